The molecule has 0 aliphatic rings. The maximum absolute atomic E-state index is 10.4. The molecular weight excluding hydrogens is 190 g/mol. The van der Waals surface area contributed by atoms with Gasteiger partial charge in [-0.1, -0.05) is 13.3 Å². The summed E-state index contributed by atoms with van der Waals surface area (Å²) in [6.45, 7) is 4.93. The standard InChI is InChI=1S/C8H19NO3S/c1-3-4-6-9-8(2)5-7-13(10,11)12/h8-9H,3-7H2,1-2H3,(H,10,11,12). The third-order valence-corrected chi connectivity index (χ3v) is 2.58. The summed E-state index contributed by atoms with van der Waals surface area (Å²) in [6, 6.07) is 0.147. The summed E-state index contributed by atoms with van der Waals surface area (Å²) in [4.78, 5) is 0. The van der Waals surface area contributed by atoms with E-state index in [0.29, 0.717) is 6.42 Å². The lowest BCUT2D eigenvalue weighted by molar-refractivity contribution is 0.467. The summed E-state index contributed by atoms with van der Waals surface area (Å²) >= 11 is 0. The fourth-order valence-electron chi connectivity index (χ4n) is 0.953. The molecule has 0 rings (SSSR count). The van der Waals surface area contributed by atoms with Crippen molar-refractivity contribution in [1.82, 2.24) is 5.32 Å². The molecule has 0 aromatic carbocycles. The predicted octanol–water partition coefficient (Wildman–Crippen LogP) is 1.04. The third-order valence-electron chi connectivity index (χ3n) is 1.83. The lowest BCUT2D eigenvalue weighted by atomic mass is 10.2. The molecule has 0 aliphatic carbocycles. The Morgan fingerprint density at radius 1 is 1.46 bits per heavy atom. The minimum Gasteiger partial charge on any atom is -0.314 e. The first-order valence-corrected chi connectivity index (χ1v) is 6.25. The highest BCUT2D eigenvalue weighted by atomic mass is 32.2. The summed E-state index contributed by atoms with van der Waals surface area (Å²) < 4.78 is 29.3. The van der Waals surface area contributed by atoms with Gasteiger partial charge >= 0.3 is 0 Å². The lowest BCUT2D eigenvalue weighted by Crippen LogP contribution is -2.29. The number of hydrogen-bond donors (Lipinski definition) is 2. The van der Waals surface area contributed by atoms with E-state index in [9.17, 15) is 8.42 Å². The van der Waals surface area contributed by atoms with Gasteiger partial charge in [0.1, 0.15) is 0 Å². The molecule has 0 aromatic heterocycles. The van der Waals surface area contributed by atoms with Crippen LogP contribution in [0.25, 0.3) is 0 Å². The molecule has 0 saturated carbocycles. The van der Waals surface area contributed by atoms with Crippen molar-refractivity contribution in [3.63, 3.8) is 0 Å². The van der Waals surface area contributed by atoms with Crippen LogP contribution in [0.1, 0.15) is 33.1 Å². The van der Waals surface area contributed by atoms with Crippen LogP contribution in [0.15, 0.2) is 0 Å². The highest BCUT2D eigenvalue weighted by Gasteiger charge is 2.07. The average Bonchev–Trinajstić information content (AvgIpc) is 2.00. The molecule has 13 heavy (non-hydrogen) atoms. The first kappa shape index (κ1) is 12.9. The zero-order chi connectivity index (χ0) is 10.3. The minimum atomic E-state index is -3.79. The largest absolute Gasteiger partial charge is 0.314 e. The number of nitrogens with one attached hydrogen (secondary N) is 1. The van der Waals surface area contributed by atoms with Crippen molar-refractivity contribution in [2.75, 3.05) is 12.3 Å². The maximum Gasteiger partial charge on any atom is 0.264 e. The van der Waals surface area contributed by atoms with E-state index in [4.69, 9.17) is 4.55 Å². The van der Waals surface area contributed by atoms with Crippen molar-refractivity contribution in [3.05, 3.63) is 0 Å². The van der Waals surface area contributed by atoms with Gasteiger partial charge in [-0.15, -0.1) is 0 Å². The SMILES string of the molecule is CCCCNC(C)CCS(=O)(=O)O. The van der Waals surface area contributed by atoms with Gasteiger partial charge in [-0.25, -0.2) is 0 Å². The Morgan fingerprint density at radius 2 is 2.08 bits per heavy atom. The first-order chi connectivity index (χ1) is 5.95. The summed E-state index contributed by atoms with van der Waals surface area (Å²) in [5, 5.41) is 3.18. The molecule has 0 aromatic rings. The topological polar surface area (TPSA) is 66.4 Å². The molecule has 0 aliphatic heterocycles. The van der Waals surface area contributed by atoms with Gasteiger partial charge in [0.05, 0.1) is 5.75 Å². The van der Waals surface area contributed by atoms with Crippen LogP contribution in [0, 0.1) is 0 Å². The minimum absolute atomic E-state index is 0.147. The molecule has 0 spiro atoms. The van der Waals surface area contributed by atoms with Crippen LogP contribution in [-0.2, 0) is 10.1 Å². The molecule has 5 heteroatoms. The molecule has 0 radical (unpaired) electrons. The first-order valence-electron chi connectivity index (χ1n) is 4.64. The zero-order valence-electron chi connectivity index (χ0n) is 8.28. The third kappa shape index (κ3) is 9.79. The van der Waals surface area contributed by atoms with Crippen molar-refractivity contribution in [2.45, 2.75) is 39.2 Å². The van der Waals surface area contributed by atoms with E-state index in [1.54, 1.807) is 0 Å². The highest BCUT2D eigenvalue weighted by molar-refractivity contribution is 7.85. The maximum atomic E-state index is 10.4. The van der Waals surface area contributed by atoms with E-state index in [1.165, 1.54) is 0 Å². The Labute approximate surface area is 80.5 Å². The molecule has 2 N–H and O–H groups in total. The zero-order valence-corrected chi connectivity index (χ0v) is 9.10. The van der Waals surface area contributed by atoms with Crippen LogP contribution in [0.2, 0.25) is 0 Å². The number of hydrogen-bond acceptors (Lipinski definition) is 3. The van der Waals surface area contributed by atoms with Crippen LogP contribution in [-0.4, -0.2) is 31.3 Å². The van der Waals surface area contributed by atoms with Gasteiger partial charge in [0.15, 0.2) is 0 Å². The molecule has 0 amide bonds. The molecule has 1 unspecified atom stereocenters. The van der Waals surface area contributed by atoms with Gasteiger partial charge in [-0.05, 0) is 26.3 Å². The predicted molar refractivity (Wildman–Crippen MR) is 53.4 cm³/mol. The van der Waals surface area contributed by atoms with Gasteiger partial charge in [-0.3, -0.25) is 4.55 Å². The van der Waals surface area contributed by atoms with E-state index in [2.05, 4.69) is 12.2 Å². The second-order valence-corrected chi connectivity index (χ2v) is 4.86. The number of rotatable bonds is 7. The van der Waals surface area contributed by atoms with E-state index < -0.39 is 10.1 Å². The van der Waals surface area contributed by atoms with Crippen molar-refractivity contribution >= 4 is 10.1 Å². The van der Waals surface area contributed by atoms with Crippen LogP contribution < -0.4 is 5.32 Å². The molecule has 0 fully saturated rings. The molecule has 0 heterocycles. The fraction of sp³-hybridized carbons (Fsp3) is 1.00. The highest BCUT2D eigenvalue weighted by Crippen LogP contribution is 1.95. The van der Waals surface area contributed by atoms with Crippen LogP contribution >= 0.6 is 0 Å². The Balaban J connectivity index is 3.46. The van der Waals surface area contributed by atoms with Gasteiger partial charge in [0.25, 0.3) is 10.1 Å². The van der Waals surface area contributed by atoms with Crippen molar-refractivity contribution in [2.24, 2.45) is 0 Å². The van der Waals surface area contributed by atoms with Gasteiger partial charge in [0, 0.05) is 6.04 Å². The Morgan fingerprint density at radius 3 is 2.54 bits per heavy atom. The smallest absolute Gasteiger partial charge is 0.264 e. The summed E-state index contributed by atoms with van der Waals surface area (Å²) in [5.74, 6) is -0.159. The van der Waals surface area contributed by atoms with Gasteiger partial charge in [0.2, 0.25) is 0 Å². The van der Waals surface area contributed by atoms with E-state index in [1.807, 2.05) is 6.92 Å². The number of unbranched alkanes of at least 4 members (excludes halogenated alkanes) is 1. The Hall–Kier alpha value is -0.130. The van der Waals surface area contributed by atoms with Gasteiger partial charge in [-0.2, -0.15) is 8.42 Å². The monoisotopic (exact) mass is 209 g/mol. The van der Waals surface area contributed by atoms with Crippen molar-refractivity contribution in [1.29, 1.82) is 0 Å². The second-order valence-electron chi connectivity index (χ2n) is 3.28. The van der Waals surface area contributed by atoms with E-state index in [0.717, 1.165) is 19.4 Å². The molecular formula is C8H19NO3S. The molecule has 0 saturated heterocycles. The fourth-order valence-corrected chi connectivity index (χ4v) is 1.60. The van der Waals surface area contributed by atoms with E-state index >= 15 is 0 Å². The van der Waals surface area contributed by atoms with Crippen molar-refractivity contribution < 1.29 is 13.0 Å². The average molecular weight is 209 g/mol. The Kier molecular flexibility index (Phi) is 6.28. The van der Waals surface area contributed by atoms with Gasteiger partial charge < -0.3 is 5.32 Å². The quantitative estimate of drug-likeness (QED) is 0.486. The van der Waals surface area contributed by atoms with Crippen LogP contribution in [0.3, 0.4) is 0 Å². The lowest BCUT2D eigenvalue weighted by Gasteiger charge is -2.11. The molecule has 80 valence electrons. The molecule has 1 atom stereocenters. The summed E-state index contributed by atoms with van der Waals surface area (Å²) in [7, 11) is -3.79. The Bertz CT molecular complexity index is 213. The van der Waals surface area contributed by atoms with Crippen LogP contribution in [0.4, 0.5) is 0 Å². The summed E-state index contributed by atoms with van der Waals surface area (Å²) in [5.41, 5.74) is 0. The normalized spacial score (nSPS) is 14.4. The van der Waals surface area contributed by atoms with Crippen molar-refractivity contribution in [3.8, 4) is 0 Å². The molecule has 4 nitrogen and oxygen atoms in total. The summed E-state index contributed by atoms with van der Waals surface area (Å²) in [6.07, 6.45) is 2.68. The van der Waals surface area contributed by atoms with Crippen LogP contribution in [0.5, 0.6) is 0 Å². The second kappa shape index (κ2) is 6.34. The van der Waals surface area contributed by atoms with E-state index in [-0.39, 0.29) is 11.8 Å². The molecule has 0 bridgehead atoms.